The first-order valence-electron chi connectivity index (χ1n) is 6.01. The lowest BCUT2D eigenvalue weighted by molar-refractivity contribution is 0.218. The zero-order valence-electron chi connectivity index (χ0n) is 10.3. The molecule has 1 aliphatic heterocycles. The SMILES string of the molecule is CCCCN1CC(C)CNC(C)(C)C1. The van der Waals surface area contributed by atoms with Gasteiger partial charge in [0, 0.05) is 18.6 Å². The van der Waals surface area contributed by atoms with Gasteiger partial charge >= 0.3 is 0 Å². The molecular weight excluding hydrogens is 172 g/mol. The van der Waals surface area contributed by atoms with Crippen LogP contribution in [0.25, 0.3) is 0 Å². The summed E-state index contributed by atoms with van der Waals surface area (Å²) in [6, 6.07) is 0. The van der Waals surface area contributed by atoms with Crippen molar-refractivity contribution >= 4 is 0 Å². The summed E-state index contributed by atoms with van der Waals surface area (Å²) in [5, 5.41) is 3.64. The van der Waals surface area contributed by atoms with Crippen molar-refractivity contribution < 1.29 is 0 Å². The van der Waals surface area contributed by atoms with Crippen molar-refractivity contribution in [2.24, 2.45) is 5.92 Å². The topological polar surface area (TPSA) is 15.3 Å². The molecule has 0 amide bonds. The molecule has 1 heterocycles. The van der Waals surface area contributed by atoms with Crippen molar-refractivity contribution in [2.45, 2.75) is 46.1 Å². The lowest BCUT2D eigenvalue weighted by atomic mass is 10.1. The molecular formula is C12H26N2. The molecule has 1 fully saturated rings. The Morgan fingerprint density at radius 2 is 2.14 bits per heavy atom. The van der Waals surface area contributed by atoms with Gasteiger partial charge in [-0.1, -0.05) is 20.3 Å². The van der Waals surface area contributed by atoms with Crippen LogP contribution in [0.4, 0.5) is 0 Å². The van der Waals surface area contributed by atoms with Crippen molar-refractivity contribution in [3.8, 4) is 0 Å². The fourth-order valence-electron chi connectivity index (χ4n) is 2.19. The minimum absolute atomic E-state index is 0.290. The summed E-state index contributed by atoms with van der Waals surface area (Å²) in [6.45, 7) is 14.1. The maximum atomic E-state index is 3.64. The average molecular weight is 198 g/mol. The van der Waals surface area contributed by atoms with Gasteiger partial charge in [-0.3, -0.25) is 0 Å². The zero-order chi connectivity index (χ0) is 10.6. The Balaban J connectivity index is 2.46. The maximum Gasteiger partial charge on any atom is 0.0252 e. The van der Waals surface area contributed by atoms with Crippen molar-refractivity contribution in [3.05, 3.63) is 0 Å². The molecule has 1 saturated heterocycles. The largest absolute Gasteiger partial charge is 0.310 e. The van der Waals surface area contributed by atoms with E-state index in [1.54, 1.807) is 0 Å². The third-order valence-corrected chi connectivity index (χ3v) is 2.95. The van der Waals surface area contributed by atoms with Crippen LogP contribution < -0.4 is 5.32 Å². The number of nitrogens with one attached hydrogen (secondary N) is 1. The van der Waals surface area contributed by atoms with Crippen LogP contribution in [0.15, 0.2) is 0 Å². The Bertz CT molecular complexity index is 166. The van der Waals surface area contributed by atoms with Gasteiger partial charge in [0.15, 0.2) is 0 Å². The third kappa shape index (κ3) is 3.97. The number of nitrogens with zero attached hydrogens (tertiary/aromatic N) is 1. The molecule has 0 aromatic rings. The van der Waals surface area contributed by atoms with Gasteiger partial charge in [-0.15, -0.1) is 0 Å². The summed E-state index contributed by atoms with van der Waals surface area (Å²) in [6.07, 6.45) is 2.64. The smallest absolute Gasteiger partial charge is 0.0252 e. The van der Waals surface area contributed by atoms with E-state index < -0.39 is 0 Å². The first kappa shape index (κ1) is 12.0. The highest BCUT2D eigenvalue weighted by molar-refractivity contribution is 4.86. The van der Waals surface area contributed by atoms with Gasteiger partial charge < -0.3 is 10.2 Å². The van der Waals surface area contributed by atoms with Crippen molar-refractivity contribution in [1.82, 2.24) is 10.2 Å². The van der Waals surface area contributed by atoms with Crippen molar-refractivity contribution in [3.63, 3.8) is 0 Å². The van der Waals surface area contributed by atoms with E-state index in [1.165, 1.54) is 32.5 Å². The van der Waals surface area contributed by atoms with E-state index in [1.807, 2.05) is 0 Å². The summed E-state index contributed by atoms with van der Waals surface area (Å²) in [5.41, 5.74) is 0.290. The van der Waals surface area contributed by atoms with Gasteiger partial charge in [-0.2, -0.15) is 0 Å². The van der Waals surface area contributed by atoms with Crippen LogP contribution in [0, 0.1) is 5.92 Å². The Morgan fingerprint density at radius 1 is 1.43 bits per heavy atom. The molecule has 1 atom stereocenters. The molecule has 0 aromatic carbocycles. The molecule has 0 spiro atoms. The fourth-order valence-corrected chi connectivity index (χ4v) is 2.19. The number of unbranched alkanes of at least 4 members (excludes halogenated alkanes) is 1. The van der Waals surface area contributed by atoms with Gasteiger partial charge in [0.2, 0.25) is 0 Å². The van der Waals surface area contributed by atoms with E-state index in [0.29, 0.717) is 5.54 Å². The average Bonchev–Trinajstić information content (AvgIpc) is 2.22. The number of rotatable bonds is 3. The molecule has 1 rings (SSSR count). The molecule has 0 aromatic heterocycles. The maximum absolute atomic E-state index is 3.64. The van der Waals surface area contributed by atoms with Crippen LogP contribution in [0.2, 0.25) is 0 Å². The van der Waals surface area contributed by atoms with E-state index in [4.69, 9.17) is 0 Å². The van der Waals surface area contributed by atoms with E-state index in [9.17, 15) is 0 Å². The molecule has 1 N–H and O–H groups in total. The normalized spacial score (nSPS) is 28.7. The summed E-state index contributed by atoms with van der Waals surface area (Å²) in [7, 11) is 0. The van der Waals surface area contributed by atoms with Gasteiger partial charge in [-0.05, 0) is 39.3 Å². The molecule has 0 radical (unpaired) electrons. The second kappa shape index (κ2) is 5.13. The van der Waals surface area contributed by atoms with Crippen LogP contribution in [0.3, 0.4) is 0 Å². The lowest BCUT2D eigenvalue weighted by Gasteiger charge is -2.29. The molecule has 0 aliphatic carbocycles. The monoisotopic (exact) mass is 198 g/mol. The minimum Gasteiger partial charge on any atom is -0.310 e. The fraction of sp³-hybridized carbons (Fsp3) is 1.00. The highest BCUT2D eigenvalue weighted by Crippen LogP contribution is 2.13. The molecule has 1 unspecified atom stereocenters. The number of hydrogen-bond acceptors (Lipinski definition) is 2. The minimum atomic E-state index is 0.290. The highest BCUT2D eigenvalue weighted by Gasteiger charge is 2.26. The van der Waals surface area contributed by atoms with Crippen molar-refractivity contribution in [2.75, 3.05) is 26.2 Å². The third-order valence-electron chi connectivity index (χ3n) is 2.95. The Kier molecular flexibility index (Phi) is 4.39. The van der Waals surface area contributed by atoms with E-state index in [0.717, 1.165) is 12.5 Å². The summed E-state index contributed by atoms with van der Waals surface area (Å²) >= 11 is 0. The van der Waals surface area contributed by atoms with E-state index >= 15 is 0 Å². The Morgan fingerprint density at radius 3 is 2.79 bits per heavy atom. The molecule has 84 valence electrons. The standard InChI is InChI=1S/C12H26N2/c1-5-6-7-14-9-11(2)8-13-12(3,4)10-14/h11,13H,5-10H2,1-4H3. The van der Waals surface area contributed by atoms with Crippen LogP contribution >= 0.6 is 0 Å². The number of hydrogen-bond donors (Lipinski definition) is 1. The second-order valence-electron chi connectivity index (χ2n) is 5.46. The van der Waals surface area contributed by atoms with Crippen LogP contribution in [-0.4, -0.2) is 36.6 Å². The summed E-state index contributed by atoms with van der Waals surface area (Å²) < 4.78 is 0. The molecule has 0 saturated carbocycles. The summed E-state index contributed by atoms with van der Waals surface area (Å²) in [5.74, 6) is 0.786. The molecule has 2 nitrogen and oxygen atoms in total. The highest BCUT2D eigenvalue weighted by atomic mass is 15.2. The second-order valence-corrected chi connectivity index (χ2v) is 5.46. The van der Waals surface area contributed by atoms with E-state index in [2.05, 4.69) is 37.9 Å². The lowest BCUT2D eigenvalue weighted by Crippen LogP contribution is -2.46. The first-order chi connectivity index (χ1) is 6.53. The molecule has 2 heteroatoms. The van der Waals surface area contributed by atoms with Crippen molar-refractivity contribution in [1.29, 1.82) is 0 Å². The zero-order valence-corrected chi connectivity index (χ0v) is 10.3. The van der Waals surface area contributed by atoms with Gasteiger partial charge in [0.05, 0.1) is 0 Å². The van der Waals surface area contributed by atoms with Crippen LogP contribution in [-0.2, 0) is 0 Å². The van der Waals surface area contributed by atoms with Gasteiger partial charge in [0.1, 0.15) is 0 Å². The Labute approximate surface area is 89.1 Å². The summed E-state index contributed by atoms with van der Waals surface area (Å²) in [4.78, 5) is 2.62. The van der Waals surface area contributed by atoms with Crippen LogP contribution in [0.1, 0.15) is 40.5 Å². The first-order valence-corrected chi connectivity index (χ1v) is 6.01. The quantitative estimate of drug-likeness (QED) is 0.747. The van der Waals surface area contributed by atoms with Gasteiger partial charge in [-0.25, -0.2) is 0 Å². The molecule has 1 aliphatic rings. The van der Waals surface area contributed by atoms with E-state index in [-0.39, 0.29) is 0 Å². The molecule has 14 heavy (non-hydrogen) atoms. The van der Waals surface area contributed by atoms with Crippen LogP contribution in [0.5, 0.6) is 0 Å². The predicted molar refractivity (Wildman–Crippen MR) is 62.6 cm³/mol. The Hall–Kier alpha value is -0.0800. The predicted octanol–water partition coefficient (Wildman–Crippen LogP) is 2.11. The molecule has 0 bridgehead atoms. The van der Waals surface area contributed by atoms with Gasteiger partial charge in [0.25, 0.3) is 0 Å².